The van der Waals surface area contributed by atoms with Crippen LogP contribution in [0.2, 0.25) is 0 Å². The number of nitrogens with zero attached hydrogens (tertiary/aromatic N) is 2. The van der Waals surface area contributed by atoms with Crippen LogP contribution in [0.25, 0.3) is 0 Å². The minimum atomic E-state index is -0.132. The number of hydrogen-bond donors (Lipinski definition) is 1. The van der Waals surface area contributed by atoms with Gasteiger partial charge in [-0.25, -0.2) is 3.64 Å². The lowest BCUT2D eigenvalue weighted by atomic mass is 10.1. The second-order valence-electron chi connectivity index (χ2n) is 3.95. The third-order valence-corrected chi connectivity index (χ3v) is 3.05. The highest BCUT2D eigenvalue weighted by atomic mass is 127. The fourth-order valence-electron chi connectivity index (χ4n) is 1.84. The molecule has 2 rings (SSSR count). The maximum absolute atomic E-state index is 11.6. The van der Waals surface area contributed by atoms with Crippen LogP contribution in [0, 0.1) is 0 Å². The molecule has 1 heterocycles. The zero-order chi connectivity index (χ0) is 13.1. The minimum Gasteiger partial charge on any atom is -0.274 e. The molecule has 1 N–H and O–H groups in total. The molecule has 0 aliphatic carbocycles. The number of nitrogens with one attached hydrogen (secondary N) is 1. The Labute approximate surface area is 119 Å². The molecule has 0 spiro atoms. The lowest BCUT2D eigenvalue weighted by Crippen LogP contribution is -2.28. The molecule has 1 fully saturated rings. The van der Waals surface area contributed by atoms with Crippen LogP contribution in [0.3, 0.4) is 0 Å². The number of hydrogen-bond acceptors (Lipinski definition) is 4. The number of rotatable bonds is 3. The van der Waals surface area contributed by atoms with Crippen LogP contribution in [0.1, 0.15) is 25.3 Å². The van der Waals surface area contributed by atoms with Gasteiger partial charge in [0.1, 0.15) is 0 Å². The van der Waals surface area contributed by atoms with Gasteiger partial charge in [-0.3, -0.25) is 14.5 Å². The van der Waals surface area contributed by atoms with Crippen LogP contribution in [0.5, 0.6) is 0 Å². The highest BCUT2D eigenvalue weighted by molar-refractivity contribution is 14.1. The molecule has 18 heavy (non-hydrogen) atoms. The first-order chi connectivity index (χ1) is 8.63. The number of amides is 2. The van der Waals surface area contributed by atoms with E-state index in [9.17, 15) is 9.59 Å². The zero-order valence-corrected chi connectivity index (χ0v) is 12.0. The van der Waals surface area contributed by atoms with E-state index in [1.54, 1.807) is 12.1 Å². The average molecular weight is 357 g/mol. The normalized spacial score (nSPS) is 16.3. The number of anilines is 1. The Morgan fingerprint density at radius 2 is 1.78 bits per heavy atom. The van der Waals surface area contributed by atoms with Crippen LogP contribution in [0.4, 0.5) is 5.69 Å². The Balaban J connectivity index is 2.25. The van der Waals surface area contributed by atoms with Crippen molar-refractivity contribution in [1.82, 2.24) is 3.64 Å². The molecule has 2 amide bonds. The third-order valence-electron chi connectivity index (χ3n) is 2.80. The SMILES string of the molecule is C/C(=N\NI)c1ccc(N2C(=O)CCC2=O)cc1. The van der Waals surface area contributed by atoms with Crippen LogP contribution in [-0.4, -0.2) is 17.5 Å². The van der Waals surface area contributed by atoms with E-state index in [1.807, 2.05) is 41.9 Å². The van der Waals surface area contributed by atoms with Gasteiger partial charge in [-0.15, -0.1) is 0 Å². The lowest BCUT2D eigenvalue weighted by molar-refractivity contribution is -0.121. The highest BCUT2D eigenvalue weighted by Gasteiger charge is 2.29. The standard InChI is InChI=1S/C12H12IN3O2/c1-8(14-15-13)9-2-4-10(5-3-9)16-11(17)6-7-12(16)18/h2-5,15H,6-7H2,1H3/b14-8+. The Bertz CT molecular complexity index is 495. The summed E-state index contributed by atoms with van der Waals surface area (Å²) in [6.07, 6.45) is 0.611. The van der Waals surface area contributed by atoms with Crippen molar-refractivity contribution in [3.05, 3.63) is 29.8 Å². The molecule has 0 atom stereocenters. The smallest absolute Gasteiger partial charge is 0.234 e. The van der Waals surface area contributed by atoms with E-state index in [1.165, 1.54) is 4.90 Å². The molecule has 94 valence electrons. The maximum Gasteiger partial charge on any atom is 0.234 e. The van der Waals surface area contributed by atoms with Crippen molar-refractivity contribution < 1.29 is 9.59 Å². The zero-order valence-electron chi connectivity index (χ0n) is 9.81. The van der Waals surface area contributed by atoms with Crippen molar-refractivity contribution in [3.8, 4) is 0 Å². The van der Waals surface area contributed by atoms with E-state index in [2.05, 4.69) is 8.74 Å². The van der Waals surface area contributed by atoms with Gasteiger partial charge in [-0.05, 0) is 24.6 Å². The topological polar surface area (TPSA) is 61.8 Å². The number of benzene rings is 1. The Kier molecular flexibility index (Phi) is 3.95. The van der Waals surface area contributed by atoms with Gasteiger partial charge < -0.3 is 0 Å². The van der Waals surface area contributed by atoms with Crippen molar-refractivity contribution in [2.75, 3.05) is 4.90 Å². The number of carbonyl (C=O) groups excluding carboxylic acids is 2. The second kappa shape index (κ2) is 5.47. The Morgan fingerprint density at radius 3 is 2.28 bits per heavy atom. The fraction of sp³-hybridized carbons (Fsp3) is 0.250. The predicted octanol–water partition coefficient (Wildman–Crippen LogP) is 2.00. The molecule has 6 heteroatoms. The molecule has 1 aliphatic heterocycles. The van der Waals surface area contributed by atoms with Gasteiger partial charge in [-0.2, -0.15) is 5.10 Å². The molecule has 1 aromatic carbocycles. The number of carbonyl (C=O) groups is 2. The van der Waals surface area contributed by atoms with Crippen LogP contribution < -0.4 is 8.54 Å². The molecule has 1 aromatic rings. The molecular weight excluding hydrogens is 345 g/mol. The van der Waals surface area contributed by atoms with Gasteiger partial charge in [-0.1, -0.05) is 12.1 Å². The molecule has 0 aromatic heterocycles. The monoisotopic (exact) mass is 357 g/mol. The number of halogens is 1. The van der Waals surface area contributed by atoms with Crippen LogP contribution >= 0.6 is 22.9 Å². The molecular formula is C12H12IN3O2. The van der Waals surface area contributed by atoms with E-state index in [0.29, 0.717) is 18.5 Å². The number of hydrazone groups is 1. The highest BCUT2D eigenvalue weighted by Crippen LogP contribution is 2.22. The van der Waals surface area contributed by atoms with Gasteiger partial charge in [0.05, 0.1) is 34.3 Å². The summed E-state index contributed by atoms with van der Waals surface area (Å²) in [4.78, 5) is 24.4. The van der Waals surface area contributed by atoms with E-state index in [4.69, 9.17) is 0 Å². The van der Waals surface area contributed by atoms with Gasteiger partial charge in [0.2, 0.25) is 11.8 Å². The van der Waals surface area contributed by atoms with E-state index < -0.39 is 0 Å². The summed E-state index contributed by atoms with van der Waals surface area (Å²) >= 11 is 1.94. The average Bonchev–Trinajstić information content (AvgIpc) is 2.70. The van der Waals surface area contributed by atoms with Crippen molar-refractivity contribution in [2.24, 2.45) is 5.10 Å². The predicted molar refractivity (Wildman–Crippen MR) is 77.5 cm³/mol. The first-order valence-electron chi connectivity index (χ1n) is 5.49. The van der Waals surface area contributed by atoms with Gasteiger partial charge >= 0.3 is 0 Å². The van der Waals surface area contributed by atoms with Gasteiger partial charge in [0.25, 0.3) is 0 Å². The summed E-state index contributed by atoms with van der Waals surface area (Å²) < 4.78 is 2.69. The Morgan fingerprint density at radius 1 is 1.22 bits per heavy atom. The molecule has 0 radical (unpaired) electrons. The molecule has 1 saturated heterocycles. The molecule has 1 aliphatic rings. The molecule has 0 bridgehead atoms. The summed E-state index contributed by atoms with van der Waals surface area (Å²) in [5.41, 5.74) is 2.42. The second-order valence-corrected chi connectivity index (χ2v) is 4.43. The van der Waals surface area contributed by atoms with Crippen LogP contribution in [-0.2, 0) is 9.59 Å². The van der Waals surface area contributed by atoms with Crippen LogP contribution in [0.15, 0.2) is 29.4 Å². The van der Waals surface area contributed by atoms with Gasteiger partial charge in [0.15, 0.2) is 0 Å². The first kappa shape index (κ1) is 13.0. The fourth-order valence-corrected chi connectivity index (χ4v) is 2.21. The van der Waals surface area contributed by atoms with Crippen molar-refractivity contribution >= 4 is 46.1 Å². The van der Waals surface area contributed by atoms with Gasteiger partial charge in [0, 0.05) is 12.8 Å². The molecule has 0 saturated carbocycles. The van der Waals surface area contributed by atoms with E-state index >= 15 is 0 Å². The summed E-state index contributed by atoms with van der Waals surface area (Å²) in [5.74, 6) is -0.265. The summed E-state index contributed by atoms with van der Waals surface area (Å²) in [6.45, 7) is 1.88. The van der Waals surface area contributed by atoms with Crippen molar-refractivity contribution in [1.29, 1.82) is 0 Å². The van der Waals surface area contributed by atoms with E-state index in [-0.39, 0.29) is 11.8 Å². The summed E-state index contributed by atoms with van der Waals surface area (Å²) in [7, 11) is 0. The summed E-state index contributed by atoms with van der Waals surface area (Å²) in [6, 6.07) is 7.23. The van der Waals surface area contributed by atoms with Crippen molar-refractivity contribution in [2.45, 2.75) is 19.8 Å². The maximum atomic E-state index is 11.6. The summed E-state index contributed by atoms with van der Waals surface area (Å²) in [5, 5.41) is 4.06. The number of imide groups is 1. The molecule has 5 nitrogen and oxygen atoms in total. The lowest BCUT2D eigenvalue weighted by Gasteiger charge is -2.14. The quantitative estimate of drug-likeness (QED) is 0.296. The minimum absolute atomic E-state index is 0.132. The van der Waals surface area contributed by atoms with Crippen molar-refractivity contribution in [3.63, 3.8) is 0 Å². The first-order valence-corrected chi connectivity index (χ1v) is 6.57. The third kappa shape index (κ3) is 2.53. The largest absolute Gasteiger partial charge is 0.274 e. The Hall–Kier alpha value is -1.44. The molecule has 0 unspecified atom stereocenters. The van der Waals surface area contributed by atoms with E-state index in [0.717, 1.165) is 11.3 Å².